The lowest BCUT2D eigenvalue weighted by Gasteiger charge is -2.08. The molecule has 1 atom stereocenters. The predicted octanol–water partition coefficient (Wildman–Crippen LogP) is 1.60. The van der Waals surface area contributed by atoms with Crippen LogP contribution in [0.5, 0.6) is 0 Å². The van der Waals surface area contributed by atoms with Crippen LogP contribution in [0.3, 0.4) is 0 Å². The van der Waals surface area contributed by atoms with E-state index < -0.39 is 0 Å². The summed E-state index contributed by atoms with van der Waals surface area (Å²) in [6.07, 6.45) is 3.64. The number of nitrogens with one attached hydrogen (secondary N) is 2. The second kappa shape index (κ2) is 6.88. The maximum absolute atomic E-state index is 11.7. The molecule has 1 aliphatic rings. The summed E-state index contributed by atoms with van der Waals surface area (Å²) in [4.78, 5) is 11.7. The van der Waals surface area contributed by atoms with Crippen molar-refractivity contribution in [3.8, 4) is 0 Å². The summed E-state index contributed by atoms with van der Waals surface area (Å²) in [7, 11) is 0. The van der Waals surface area contributed by atoms with E-state index in [9.17, 15) is 4.79 Å². The molecule has 2 N–H and O–H groups in total. The molecule has 1 aromatic heterocycles. The molecule has 1 fully saturated rings. The quantitative estimate of drug-likeness (QED) is 0.877. The predicted molar refractivity (Wildman–Crippen MR) is 70.8 cm³/mol. The monoisotopic (exact) mass is 276 g/mol. The SMILES string of the molecule is CCc1nnc(NC(=O)CC2CCCN2)s1.Cl. The van der Waals surface area contributed by atoms with Gasteiger partial charge in [0.1, 0.15) is 5.01 Å². The van der Waals surface area contributed by atoms with Gasteiger partial charge in [0.25, 0.3) is 0 Å². The lowest BCUT2D eigenvalue weighted by Crippen LogP contribution is -2.27. The van der Waals surface area contributed by atoms with Crippen LogP contribution in [0, 0.1) is 0 Å². The standard InChI is InChI=1S/C10H16N4OS.ClH/c1-2-9-13-14-10(16-9)12-8(15)6-7-4-3-5-11-7;/h7,11H,2-6H2,1H3,(H,12,14,15);1H. The van der Waals surface area contributed by atoms with Gasteiger partial charge in [-0.1, -0.05) is 18.3 Å². The molecule has 5 nitrogen and oxygen atoms in total. The first-order chi connectivity index (χ1) is 7.78. The third-order valence-electron chi connectivity index (χ3n) is 2.61. The van der Waals surface area contributed by atoms with Crippen LogP contribution in [0.15, 0.2) is 0 Å². The Kier molecular flexibility index (Phi) is 5.80. The van der Waals surface area contributed by atoms with E-state index in [1.165, 1.54) is 11.3 Å². The Balaban J connectivity index is 0.00000144. The molecule has 0 radical (unpaired) electrons. The maximum atomic E-state index is 11.7. The van der Waals surface area contributed by atoms with Crippen LogP contribution in [-0.2, 0) is 11.2 Å². The van der Waals surface area contributed by atoms with E-state index in [1.54, 1.807) is 0 Å². The topological polar surface area (TPSA) is 66.9 Å². The third-order valence-corrected chi connectivity index (χ3v) is 3.59. The molecule has 1 amide bonds. The third kappa shape index (κ3) is 4.22. The fraction of sp³-hybridized carbons (Fsp3) is 0.700. The Labute approximate surface area is 111 Å². The van der Waals surface area contributed by atoms with Gasteiger partial charge in [0.05, 0.1) is 0 Å². The highest BCUT2D eigenvalue weighted by Crippen LogP contribution is 2.16. The van der Waals surface area contributed by atoms with E-state index >= 15 is 0 Å². The largest absolute Gasteiger partial charge is 0.313 e. The van der Waals surface area contributed by atoms with Crippen molar-refractivity contribution in [2.24, 2.45) is 0 Å². The van der Waals surface area contributed by atoms with Crippen molar-refractivity contribution < 1.29 is 4.79 Å². The molecule has 17 heavy (non-hydrogen) atoms. The lowest BCUT2D eigenvalue weighted by molar-refractivity contribution is -0.116. The molecule has 1 unspecified atom stereocenters. The molecule has 1 aliphatic heterocycles. The molecule has 7 heteroatoms. The lowest BCUT2D eigenvalue weighted by atomic mass is 10.1. The fourth-order valence-electron chi connectivity index (χ4n) is 1.77. The van der Waals surface area contributed by atoms with E-state index in [1.807, 2.05) is 6.92 Å². The van der Waals surface area contributed by atoms with Crippen LogP contribution in [0.25, 0.3) is 0 Å². The number of nitrogens with zero attached hydrogens (tertiary/aromatic N) is 2. The molecule has 0 bridgehead atoms. The number of rotatable bonds is 4. The average Bonchev–Trinajstić information content (AvgIpc) is 2.89. The van der Waals surface area contributed by atoms with Crippen LogP contribution >= 0.6 is 23.7 Å². The molecule has 0 aromatic carbocycles. The summed E-state index contributed by atoms with van der Waals surface area (Å²) < 4.78 is 0. The number of hydrogen-bond acceptors (Lipinski definition) is 5. The molecule has 0 saturated carbocycles. The minimum Gasteiger partial charge on any atom is -0.313 e. The Hall–Kier alpha value is -0.720. The van der Waals surface area contributed by atoms with Crippen LogP contribution < -0.4 is 10.6 Å². The fourth-order valence-corrected chi connectivity index (χ4v) is 2.47. The summed E-state index contributed by atoms with van der Waals surface area (Å²) in [5.74, 6) is 0.0261. The van der Waals surface area contributed by atoms with E-state index in [-0.39, 0.29) is 18.3 Å². The minimum absolute atomic E-state index is 0. The number of aromatic nitrogens is 2. The Morgan fingerprint density at radius 3 is 3.00 bits per heavy atom. The molecule has 1 saturated heterocycles. The van der Waals surface area contributed by atoms with Gasteiger partial charge in [-0.2, -0.15) is 0 Å². The van der Waals surface area contributed by atoms with Crippen LogP contribution in [0.1, 0.15) is 31.2 Å². The smallest absolute Gasteiger partial charge is 0.227 e. The minimum atomic E-state index is 0. The molecular formula is C10H17ClN4OS. The van der Waals surface area contributed by atoms with Crippen LogP contribution in [-0.4, -0.2) is 28.7 Å². The number of anilines is 1. The van der Waals surface area contributed by atoms with Gasteiger partial charge in [0, 0.05) is 12.5 Å². The Bertz CT molecular complexity index is 365. The first kappa shape index (κ1) is 14.3. The summed E-state index contributed by atoms with van der Waals surface area (Å²) >= 11 is 1.44. The molecule has 0 aliphatic carbocycles. The van der Waals surface area contributed by atoms with Crippen molar-refractivity contribution in [2.75, 3.05) is 11.9 Å². The van der Waals surface area contributed by atoms with Gasteiger partial charge in [0.15, 0.2) is 0 Å². The van der Waals surface area contributed by atoms with Gasteiger partial charge >= 0.3 is 0 Å². The molecule has 2 rings (SSSR count). The highest BCUT2D eigenvalue weighted by Gasteiger charge is 2.18. The zero-order valence-corrected chi connectivity index (χ0v) is 11.4. The van der Waals surface area contributed by atoms with E-state index in [4.69, 9.17) is 0 Å². The van der Waals surface area contributed by atoms with E-state index in [0.717, 1.165) is 30.8 Å². The maximum Gasteiger partial charge on any atom is 0.227 e. The van der Waals surface area contributed by atoms with Crippen molar-refractivity contribution in [3.05, 3.63) is 5.01 Å². The number of amides is 1. The second-order valence-electron chi connectivity index (χ2n) is 3.90. The van der Waals surface area contributed by atoms with Crippen molar-refractivity contribution in [3.63, 3.8) is 0 Å². The van der Waals surface area contributed by atoms with Crippen LogP contribution in [0.2, 0.25) is 0 Å². The van der Waals surface area contributed by atoms with Gasteiger partial charge in [-0.25, -0.2) is 0 Å². The van der Waals surface area contributed by atoms with Gasteiger partial charge in [-0.05, 0) is 25.8 Å². The highest BCUT2D eigenvalue weighted by atomic mass is 35.5. The average molecular weight is 277 g/mol. The zero-order valence-electron chi connectivity index (χ0n) is 9.73. The molecule has 0 spiro atoms. The zero-order chi connectivity index (χ0) is 11.4. The number of halogens is 1. The van der Waals surface area contributed by atoms with Crippen molar-refractivity contribution >= 4 is 34.8 Å². The van der Waals surface area contributed by atoms with Gasteiger partial charge in [-0.3, -0.25) is 4.79 Å². The molecule has 1 aromatic rings. The molecule has 2 heterocycles. The summed E-state index contributed by atoms with van der Waals surface area (Å²) in [6, 6.07) is 0.332. The summed E-state index contributed by atoms with van der Waals surface area (Å²) in [5.41, 5.74) is 0. The summed E-state index contributed by atoms with van der Waals surface area (Å²) in [5, 5.41) is 15.5. The number of carbonyl (C=O) groups is 1. The van der Waals surface area contributed by atoms with Crippen molar-refractivity contribution in [1.29, 1.82) is 0 Å². The second-order valence-corrected chi connectivity index (χ2v) is 4.96. The first-order valence-electron chi connectivity index (χ1n) is 5.63. The number of aryl methyl sites for hydroxylation is 1. The Morgan fingerprint density at radius 2 is 2.41 bits per heavy atom. The number of hydrogen-bond donors (Lipinski definition) is 2. The highest BCUT2D eigenvalue weighted by molar-refractivity contribution is 7.15. The van der Waals surface area contributed by atoms with Gasteiger partial charge < -0.3 is 10.6 Å². The van der Waals surface area contributed by atoms with E-state index in [0.29, 0.717) is 17.6 Å². The first-order valence-corrected chi connectivity index (χ1v) is 6.45. The van der Waals surface area contributed by atoms with Crippen molar-refractivity contribution in [1.82, 2.24) is 15.5 Å². The normalized spacial score (nSPS) is 18.8. The van der Waals surface area contributed by atoms with Crippen molar-refractivity contribution in [2.45, 2.75) is 38.6 Å². The number of carbonyl (C=O) groups excluding carboxylic acids is 1. The van der Waals surface area contributed by atoms with Crippen LogP contribution in [0.4, 0.5) is 5.13 Å². The molecular weight excluding hydrogens is 260 g/mol. The van der Waals surface area contributed by atoms with Gasteiger partial charge in [0.2, 0.25) is 11.0 Å². The Morgan fingerprint density at radius 1 is 1.59 bits per heavy atom. The van der Waals surface area contributed by atoms with Gasteiger partial charge in [-0.15, -0.1) is 22.6 Å². The summed E-state index contributed by atoms with van der Waals surface area (Å²) in [6.45, 7) is 3.05. The molecule has 96 valence electrons. The van der Waals surface area contributed by atoms with E-state index in [2.05, 4.69) is 20.8 Å².